The van der Waals surface area contributed by atoms with Crippen molar-refractivity contribution in [2.24, 2.45) is 0 Å². The van der Waals surface area contributed by atoms with E-state index in [0.29, 0.717) is 0 Å². The molecule has 29 heavy (non-hydrogen) atoms. The van der Waals surface area contributed by atoms with E-state index in [-0.39, 0.29) is 17.1 Å². The molecule has 0 bridgehead atoms. The number of nitrogens with zero attached hydrogens (tertiary/aromatic N) is 1. The predicted octanol–water partition coefficient (Wildman–Crippen LogP) is 4.41. The molecule has 0 aliphatic rings. The van der Waals surface area contributed by atoms with Crippen molar-refractivity contribution in [3.05, 3.63) is 76.8 Å². The van der Waals surface area contributed by atoms with Crippen molar-refractivity contribution in [2.75, 3.05) is 11.1 Å². The van der Waals surface area contributed by atoms with Gasteiger partial charge in [-0.05, 0) is 35.9 Å². The SMILES string of the molecule is CC(OC(=O)CSc1ccc2ccccc2c1)C(=O)Nc1ccccc1[N+](=O)[O-]. The average Bonchev–Trinajstić information content (AvgIpc) is 2.72. The maximum Gasteiger partial charge on any atom is 0.317 e. The van der Waals surface area contributed by atoms with Crippen molar-refractivity contribution < 1.29 is 19.2 Å². The predicted molar refractivity (Wildman–Crippen MR) is 112 cm³/mol. The van der Waals surface area contributed by atoms with E-state index in [9.17, 15) is 19.7 Å². The zero-order valence-electron chi connectivity index (χ0n) is 15.5. The first-order valence-electron chi connectivity index (χ1n) is 8.79. The van der Waals surface area contributed by atoms with Crippen LogP contribution in [0.3, 0.4) is 0 Å². The molecule has 8 heteroatoms. The number of anilines is 1. The molecule has 0 saturated carbocycles. The lowest BCUT2D eigenvalue weighted by Crippen LogP contribution is -2.30. The number of carbonyl (C=O) groups is 2. The Morgan fingerprint density at radius 1 is 1.07 bits per heavy atom. The molecular formula is C21H18N2O5S. The van der Waals surface area contributed by atoms with Crippen LogP contribution in [0.15, 0.2) is 71.6 Å². The first kappa shape index (κ1) is 20.3. The summed E-state index contributed by atoms with van der Waals surface area (Å²) in [6, 6.07) is 19.6. The van der Waals surface area contributed by atoms with Gasteiger partial charge in [0, 0.05) is 11.0 Å². The Morgan fingerprint density at radius 3 is 2.52 bits per heavy atom. The summed E-state index contributed by atoms with van der Waals surface area (Å²) < 4.78 is 5.15. The first-order valence-corrected chi connectivity index (χ1v) is 9.78. The highest BCUT2D eigenvalue weighted by molar-refractivity contribution is 8.00. The van der Waals surface area contributed by atoms with Crippen LogP contribution in [0.4, 0.5) is 11.4 Å². The normalized spacial score (nSPS) is 11.6. The number of thioether (sulfide) groups is 1. The zero-order chi connectivity index (χ0) is 20.8. The number of benzene rings is 3. The molecule has 3 aromatic rings. The number of rotatable bonds is 7. The summed E-state index contributed by atoms with van der Waals surface area (Å²) in [6.45, 7) is 1.42. The quantitative estimate of drug-likeness (QED) is 0.268. The molecule has 0 radical (unpaired) electrons. The number of nitrogens with one attached hydrogen (secondary N) is 1. The molecule has 0 heterocycles. The number of nitro groups is 1. The Bertz CT molecular complexity index is 1070. The van der Waals surface area contributed by atoms with E-state index in [1.807, 2.05) is 42.5 Å². The van der Waals surface area contributed by atoms with Gasteiger partial charge in [-0.15, -0.1) is 11.8 Å². The number of para-hydroxylation sites is 2. The molecule has 1 N–H and O–H groups in total. The molecule has 1 unspecified atom stereocenters. The number of hydrogen-bond donors (Lipinski definition) is 1. The van der Waals surface area contributed by atoms with E-state index in [2.05, 4.69) is 5.32 Å². The van der Waals surface area contributed by atoms with Crippen molar-refractivity contribution in [2.45, 2.75) is 17.9 Å². The smallest absolute Gasteiger partial charge is 0.317 e. The van der Waals surface area contributed by atoms with Gasteiger partial charge in [0.1, 0.15) is 5.69 Å². The van der Waals surface area contributed by atoms with Crippen LogP contribution in [0.25, 0.3) is 10.8 Å². The maximum atomic E-state index is 12.2. The molecule has 0 aliphatic heterocycles. The van der Waals surface area contributed by atoms with Crippen LogP contribution in [0.5, 0.6) is 0 Å². The number of nitro benzene ring substituents is 1. The highest BCUT2D eigenvalue weighted by Gasteiger charge is 2.21. The minimum Gasteiger partial charge on any atom is -0.452 e. The van der Waals surface area contributed by atoms with Gasteiger partial charge in [0.2, 0.25) is 0 Å². The number of ether oxygens (including phenoxy) is 1. The first-order chi connectivity index (χ1) is 13.9. The van der Waals surface area contributed by atoms with Gasteiger partial charge in [-0.25, -0.2) is 0 Å². The van der Waals surface area contributed by atoms with Gasteiger partial charge in [0.05, 0.1) is 10.7 Å². The fourth-order valence-electron chi connectivity index (χ4n) is 2.66. The van der Waals surface area contributed by atoms with Gasteiger partial charge >= 0.3 is 5.97 Å². The lowest BCUT2D eigenvalue weighted by Gasteiger charge is -2.13. The molecular weight excluding hydrogens is 392 g/mol. The largest absolute Gasteiger partial charge is 0.452 e. The lowest BCUT2D eigenvalue weighted by atomic mass is 10.1. The van der Waals surface area contributed by atoms with Crippen molar-refractivity contribution in [1.29, 1.82) is 0 Å². The molecule has 1 atom stereocenters. The molecule has 1 amide bonds. The van der Waals surface area contributed by atoms with Crippen molar-refractivity contribution in [1.82, 2.24) is 0 Å². The van der Waals surface area contributed by atoms with Crippen LogP contribution >= 0.6 is 11.8 Å². The summed E-state index contributed by atoms with van der Waals surface area (Å²) in [5, 5.41) is 15.6. The summed E-state index contributed by atoms with van der Waals surface area (Å²) in [7, 11) is 0. The summed E-state index contributed by atoms with van der Waals surface area (Å²) in [6.07, 6.45) is -1.08. The fraction of sp³-hybridized carbons (Fsp3) is 0.143. The van der Waals surface area contributed by atoms with Crippen LogP contribution in [-0.2, 0) is 14.3 Å². The number of hydrogen-bond acceptors (Lipinski definition) is 6. The van der Waals surface area contributed by atoms with Gasteiger partial charge in [0.15, 0.2) is 6.10 Å². The molecule has 3 aromatic carbocycles. The van der Waals surface area contributed by atoms with Gasteiger partial charge in [-0.2, -0.15) is 0 Å². The third-order valence-electron chi connectivity index (χ3n) is 4.11. The van der Waals surface area contributed by atoms with Crippen molar-refractivity contribution in [3.8, 4) is 0 Å². The number of amides is 1. The highest BCUT2D eigenvalue weighted by Crippen LogP contribution is 2.25. The third-order valence-corrected chi connectivity index (χ3v) is 5.08. The third kappa shape index (κ3) is 5.32. The topological polar surface area (TPSA) is 98.5 Å². The van der Waals surface area contributed by atoms with Gasteiger partial charge in [0.25, 0.3) is 11.6 Å². The molecule has 7 nitrogen and oxygen atoms in total. The van der Waals surface area contributed by atoms with Gasteiger partial charge < -0.3 is 10.1 Å². The van der Waals surface area contributed by atoms with Gasteiger partial charge in [-0.3, -0.25) is 19.7 Å². The fourth-order valence-corrected chi connectivity index (χ4v) is 3.38. The molecule has 0 aliphatic carbocycles. The molecule has 148 valence electrons. The van der Waals surface area contributed by atoms with E-state index >= 15 is 0 Å². The maximum absolute atomic E-state index is 12.2. The standard InChI is InChI=1S/C21H18N2O5S/c1-14(21(25)22-18-8-4-5-9-19(18)23(26)27)28-20(24)13-29-17-11-10-15-6-2-3-7-16(15)12-17/h2-12,14H,13H2,1H3,(H,22,25). The minimum atomic E-state index is -1.08. The Labute approximate surface area is 171 Å². The van der Waals surface area contributed by atoms with E-state index < -0.39 is 22.9 Å². The average molecular weight is 410 g/mol. The molecule has 3 rings (SSSR count). The van der Waals surface area contributed by atoms with E-state index in [0.717, 1.165) is 15.7 Å². The van der Waals surface area contributed by atoms with Crippen LogP contribution in [0.1, 0.15) is 6.92 Å². The second-order valence-corrected chi connectivity index (χ2v) is 7.24. The van der Waals surface area contributed by atoms with Crippen molar-refractivity contribution >= 4 is 45.8 Å². The van der Waals surface area contributed by atoms with Crippen LogP contribution in [-0.4, -0.2) is 28.7 Å². The van der Waals surface area contributed by atoms with E-state index in [4.69, 9.17) is 4.74 Å². The van der Waals surface area contributed by atoms with Crippen molar-refractivity contribution in [3.63, 3.8) is 0 Å². The van der Waals surface area contributed by atoms with Crippen LogP contribution in [0, 0.1) is 10.1 Å². The molecule has 0 fully saturated rings. The number of carbonyl (C=O) groups excluding carboxylic acids is 2. The van der Waals surface area contributed by atoms with E-state index in [1.165, 1.54) is 36.9 Å². The number of esters is 1. The van der Waals surface area contributed by atoms with Crippen LogP contribution < -0.4 is 5.32 Å². The highest BCUT2D eigenvalue weighted by atomic mass is 32.2. The zero-order valence-corrected chi connectivity index (χ0v) is 16.3. The summed E-state index contributed by atoms with van der Waals surface area (Å²) in [5.74, 6) is -1.14. The second kappa shape index (κ2) is 9.20. The Kier molecular flexibility index (Phi) is 6.46. The summed E-state index contributed by atoms with van der Waals surface area (Å²) in [4.78, 5) is 35.7. The van der Waals surface area contributed by atoms with E-state index in [1.54, 1.807) is 6.07 Å². The Hall–Kier alpha value is -3.39. The van der Waals surface area contributed by atoms with Crippen LogP contribution in [0.2, 0.25) is 0 Å². The molecule has 0 aromatic heterocycles. The Morgan fingerprint density at radius 2 is 1.76 bits per heavy atom. The minimum absolute atomic E-state index is 0.0431. The molecule has 0 spiro atoms. The number of fused-ring (bicyclic) bond motifs is 1. The lowest BCUT2D eigenvalue weighted by molar-refractivity contribution is -0.383. The molecule has 0 saturated heterocycles. The van der Waals surface area contributed by atoms with Gasteiger partial charge in [-0.1, -0.05) is 42.5 Å². The monoisotopic (exact) mass is 410 g/mol. The Balaban J connectivity index is 1.54. The summed E-state index contributed by atoms with van der Waals surface area (Å²) >= 11 is 1.31. The summed E-state index contributed by atoms with van der Waals surface area (Å²) in [5.41, 5.74) is -0.179. The second-order valence-electron chi connectivity index (χ2n) is 6.19.